The van der Waals surface area contributed by atoms with Crippen molar-refractivity contribution in [2.45, 2.75) is 24.8 Å². The van der Waals surface area contributed by atoms with Crippen LogP contribution in [-0.2, 0) is 10.0 Å². The first kappa shape index (κ1) is 13.0. The third-order valence-electron chi connectivity index (χ3n) is 2.26. The number of hydrogen-bond donors (Lipinski definition) is 3. The standard InChI is InChI=1S/C10H17N3O2S/c1-7-3-4-9(13-8(2)6-11)5-10(7)16(12,14)15/h3-5,8,13H,6,11H2,1-2H3,(H2,12,14,15). The molecule has 1 aromatic carbocycles. The lowest BCUT2D eigenvalue weighted by molar-refractivity contribution is 0.597. The van der Waals surface area contributed by atoms with Crippen LogP contribution >= 0.6 is 0 Å². The van der Waals surface area contributed by atoms with Crippen LogP contribution in [0.5, 0.6) is 0 Å². The topological polar surface area (TPSA) is 98.2 Å². The highest BCUT2D eigenvalue weighted by Gasteiger charge is 2.12. The van der Waals surface area contributed by atoms with Crippen molar-refractivity contribution >= 4 is 15.7 Å². The van der Waals surface area contributed by atoms with Crippen LogP contribution < -0.4 is 16.2 Å². The Morgan fingerprint density at radius 1 is 1.44 bits per heavy atom. The molecule has 1 atom stereocenters. The molecular weight excluding hydrogens is 226 g/mol. The SMILES string of the molecule is Cc1ccc(NC(C)CN)cc1S(N)(=O)=O. The molecule has 90 valence electrons. The van der Waals surface area contributed by atoms with Gasteiger partial charge in [0.2, 0.25) is 10.0 Å². The maximum absolute atomic E-state index is 11.3. The van der Waals surface area contributed by atoms with E-state index in [1.807, 2.05) is 6.92 Å². The van der Waals surface area contributed by atoms with E-state index in [4.69, 9.17) is 10.9 Å². The number of benzene rings is 1. The van der Waals surface area contributed by atoms with Crippen LogP contribution in [0.1, 0.15) is 12.5 Å². The van der Waals surface area contributed by atoms with E-state index in [2.05, 4.69) is 5.32 Å². The first-order chi connectivity index (χ1) is 7.34. The molecule has 5 N–H and O–H groups in total. The molecule has 0 heterocycles. The van der Waals surface area contributed by atoms with E-state index in [1.54, 1.807) is 19.1 Å². The first-order valence-electron chi connectivity index (χ1n) is 4.94. The Hall–Kier alpha value is -1.11. The van der Waals surface area contributed by atoms with Crippen LogP contribution in [0.4, 0.5) is 5.69 Å². The van der Waals surface area contributed by atoms with Gasteiger partial charge in [0.25, 0.3) is 0 Å². The lowest BCUT2D eigenvalue weighted by atomic mass is 10.2. The highest BCUT2D eigenvalue weighted by atomic mass is 32.2. The maximum atomic E-state index is 11.3. The number of nitrogens with two attached hydrogens (primary N) is 2. The molecule has 0 aromatic heterocycles. The number of rotatable bonds is 4. The fourth-order valence-electron chi connectivity index (χ4n) is 1.34. The Labute approximate surface area is 95.9 Å². The predicted octanol–water partition coefficient (Wildman–Crippen LogP) is 0.402. The Bertz CT molecular complexity index is 471. The summed E-state index contributed by atoms with van der Waals surface area (Å²) >= 11 is 0. The van der Waals surface area contributed by atoms with Crippen LogP contribution in [0.15, 0.2) is 23.1 Å². The van der Waals surface area contributed by atoms with E-state index in [-0.39, 0.29) is 10.9 Å². The van der Waals surface area contributed by atoms with Gasteiger partial charge in [0.15, 0.2) is 0 Å². The molecule has 1 unspecified atom stereocenters. The summed E-state index contributed by atoms with van der Waals surface area (Å²) in [7, 11) is -3.67. The zero-order chi connectivity index (χ0) is 12.3. The minimum atomic E-state index is -3.67. The molecule has 16 heavy (non-hydrogen) atoms. The summed E-state index contributed by atoms with van der Waals surface area (Å²) in [4.78, 5) is 0.140. The Balaban J connectivity index is 3.08. The molecule has 0 fully saturated rings. The highest BCUT2D eigenvalue weighted by molar-refractivity contribution is 7.89. The average molecular weight is 243 g/mol. The van der Waals surface area contributed by atoms with Gasteiger partial charge in [0.1, 0.15) is 0 Å². The highest BCUT2D eigenvalue weighted by Crippen LogP contribution is 2.19. The largest absolute Gasteiger partial charge is 0.381 e. The summed E-state index contributed by atoms with van der Waals surface area (Å²) in [6.45, 7) is 4.09. The van der Waals surface area contributed by atoms with E-state index in [0.29, 0.717) is 17.8 Å². The van der Waals surface area contributed by atoms with Gasteiger partial charge in [-0.1, -0.05) is 6.07 Å². The van der Waals surface area contributed by atoms with Gasteiger partial charge in [-0.05, 0) is 31.5 Å². The molecule has 0 aliphatic rings. The molecule has 0 aliphatic heterocycles. The fourth-order valence-corrected chi connectivity index (χ4v) is 2.15. The molecule has 0 bridgehead atoms. The quantitative estimate of drug-likeness (QED) is 0.713. The van der Waals surface area contributed by atoms with Gasteiger partial charge in [-0.2, -0.15) is 0 Å². The molecule has 0 spiro atoms. The average Bonchev–Trinajstić information content (AvgIpc) is 2.19. The monoisotopic (exact) mass is 243 g/mol. The van der Waals surface area contributed by atoms with Gasteiger partial charge < -0.3 is 11.1 Å². The third-order valence-corrected chi connectivity index (χ3v) is 3.31. The van der Waals surface area contributed by atoms with Crippen molar-refractivity contribution < 1.29 is 8.42 Å². The zero-order valence-electron chi connectivity index (χ0n) is 9.40. The second-order valence-electron chi connectivity index (χ2n) is 3.81. The van der Waals surface area contributed by atoms with Crippen molar-refractivity contribution in [1.29, 1.82) is 0 Å². The molecule has 1 aromatic rings. The van der Waals surface area contributed by atoms with Crippen molar-refractivity contribution in [2.24, 2.45) is 10.9 Å². The van der Waals surface area contributed by atoms with E-state index in [9.17, 15) is 8.42 Å². The number of sulfonamides is 1. The van der Waals surface area contributed by atoms with Crippen molar-refractivity contribution in [3.8, 4) is 0 Å². The summed E-state index contributed by atoms with van der Waals surface area (Å²) in [6.07, 6.45) is 0. The smallest absolute Gasteiger partial charge is 0.238 e. The molecule has 0 aliphatic carbocycles. The Morgan fingerprint density at radius 2 is 2.06 bits per heavy atom. The minimum Gasteiger partial charge on any atom is -0.381 e. The normalized spacial score (nSPS) is 13.5. The number of primary sulfonamides is 1. The summed E-state index contributed by atoms with van der Waals surface area (Å²) < 4.78 is 22.6. The number of nitrogens with one attached hydrogen (secondary N) is 1. The first-order valence-corrected chi connectivity index (χ1v) is 6.49. The van der Waals surface area contributed by atoms with Gasteiger partial charge >= 0.3 is 0 Å². The Morgan fingerprint density at radius 3 is 2.56 bits per heavy atom. The summed E-state index contributed by atoms with van der Waals surface area (Å²) in [5.74, 6) is 0. The molecule has 5 nitrogen and oxygen atoms in total. The molecule has 6 heteroatoms. The molecule has 0 saturated heterocycles. The van der Waals surface area contributed by atoms with Crippen molar-refractivity contribution in [3.05, 3.63) is 23.8 Å². The van der Waals surface area contributed by atoms with E-state index < -0.39 is 10.0 Å². The maximum Gasteiger partial charge on any atom is 0.238 e. The minimum absolute atomic E-state index is 0.0797. The molecule has 0 amide bonds. The second-order valence-corrected chi connectivity index (χ2v) is 5.34. The summed E-state index contributed by atoms with van der Waals surface area (Å²) in [5.41, 5.74) is 6.80. The zero-order valence-corrected chi connectivity index (χ0v) is 10.2. The van der Waals surface area contributed by atoms with E-state index in [0.717, 1.165) is 0 Å². The van der Waals surface area contributed by atoms with Gasteiger partial charge in [0.05, 0.1) is 4.90 Å². The summed E-state index contributed by atoms with van der Waals surface area (Å²) in [6, 6.07) is 5.12. The summed E-state index contributed by atoms with van der Waals surface area (Å²) in [5, 5.41) is 8.20. The Kier molecular flexibility index (Phi) is 3.90. The van der Waals surface area contributed by atoms with Gasteiger partial charge in [0, 0.05) is 18.3 Å². The van der Waals surface area contributed by atoms with Crippen LogP contribution in [-0.4, -0.2) is 21.0 Å². The lowest BCUT2D eigenvalue weighted by Gasteiger charge is -2.14. The number of anilines is 1. The van der Waals surface area contributed by atoms with Crippen molar-refractivity contribution in [2.75, 3.05) is 11.9 Å². The van der Waals surface area contributed by atoms with Crippen LogP contribution in [0.2, 0.25) is 0 Å². The van der Waals surface area contributed by atoms with Crippen LogP contribution in [0, 0.1) is 6.92 Å². The van der Waals surface area contributed by atoms with Crippen LogP contribution in [0.25, 0.3) is 0 Å². The van der Waals surface area contributed by atoms with Gasteiger partial charge in [-0.15, -0.1) is 0 Å². The fraction of sp³-hybridized carbons (Fsp3) is 0.400. The van der Waals surface area contributed by atoms with Crippen molar-refractivity contribution in [1.82, 2.24) is 0 Å². The molecule has 0 radical (unpaired) electrons. The second kappa shape index (κ2) is 4.82. The number of hydrogen-bond acceptors (Lipinski definition) is 4. The van der Waals surface area contributed by atoms with Gasteiger partial charge in [-0.25, -0.2) is 13.6 Å². The molecular formula is C10H17N3O2S. The third kappa shape index (κ3) is 3.19. The lowest BCUT2D eigenvalue weighted by Crippen LogP contribution is -2.25. The predicted molar refractivity (Wildman–Crippen MR) is 64.7 cm³/mol. The van der Waals surface area contributed by atoms with Gasteiger partial charge in [-0.3, -0.25) is 0 Å². The van der Waals surface area contributed by atoms with Crippen molar-refractivity contribution in [3.63, 3.8) is 0 Å². The van der Waals surface area contributed by atoms with E-state index in [1.165, 1.54) is 6.07 Å². The van der Waals surface area contributed by atoms with E-state index >= 15 is 0 Å². The number of aryl methyl sites for hydroxylation is 1. The molecule has 0 saturated carbocycles. The van der Waals surface area contributed by atoms with Crippen LogP contribution in [0.3, 0.4) is 0 Å². The molecule has 1 rings (SSSR count).